The molecule has 98 valence electrons. The van der Waals surface area contributed by atoms with E-state index in [2.05, 4.69) is 26.2 Å². The summed E-state index contributed by atoms with van der Waals surface area (Å²) in [6, 6.07) is 3.67. The van der Waals surface area contributed by atoms with Crippen molar-refractivity contribution >= 4 is 27.7 Å². The maximum absolute atomic E-state index is 11.8. The van der Waals surface area contributed by atoms with Gasteiger partial charge in [-0.15, -0.1) is 0 Å². The highest BCUT2D eigenvalue weighted by Crippen LogP contribution is 2.18. The van der Waals surface area contributed by atoms with Gasteiger partial charge in [-0.2, -0.15) is 0 Å². The van der Waals surface area contributed by atoms with E-state index in [9.17, 15) is 4.79 Å². The van der Waals surface area contributed by atoms with Crippen molar-refractivity contribution in [3.63, 3.8) is 0 Å². The normalized spacial score (nSPS) is 19.6. The Balaban J connectivity index is 1.88. The van der Waals surface area contributed by atoms with Gasteiger partial charge in [0, 0.05) is 11.1 Å². The molecule has 2 rings (SSSR count). The van der Waals surface area contributed by atoms with Crippen molar-refractivity contribution in [2.45, 2.75) is 38.7 Å². The highest BCUT2D eigenvalue weighted by atomic mass is 79.9. The number of anilines is 1. The molecule has 0 aromatic carbocycles. The number of halogens is 1. The van der Waals surface area contributed by atoms with Gasteiger partial charge in [-0.25, -0.2) is 4.98 Å². The summed E-state index contributed by atoms with van der Waals surface area (Å²) in [5.74, 6) is 0.563. The Kier molecular flexibility index (Phi) is 4.72. The number of ether oxygens (including phenoxy) is 1. The van der Waals surface area contributed by atoms with Gasteiger partial charge < -0.3 is 10.1 Å². The number of nitrogens with zero attached hydrogens (tertiary/aromatic N) is 1. The van der Waals surface area contributed by atoms with Crippen molar-refractivity contribution < 1.29 is 9.53 Å². The fourth-order valence-corrected chi connectivity index (χ4v) is 2.20. The predicted octanol–water partition coefficient (Wildman–Crippen LogP) is 3.05. The summed E-state index contributed by atoms with van der Waals surface area (Å²) in [5.41, 5.74) is 0.863. The van der Waals surface area contributed by atoms with Gasteiger partial charge in [0.25, 0.3) is 0 Å². The van der Waals surface area contributed by atoms with Gasteiger partial charge in [0.1, 0.15) is 5.82 Å². The van der Waals surface area contributed by atoms with Crippen LogP contribution in [0.15, 0.2) is 16.6 Å². The van der Waals surface area contributed by atoms with Crippen molar-refractivity contribution in [1.82, 2.24) is 4.98 Å². The number of aryl methyl sites for hydroxylation is 1. The molecule has 5 heteroatoms. The van der Waals surface area contributed by atoms with Crippen molar-refractivity contribution in [2.24, 2.45) is 0 Å². The molecule has 1 atom stereocenters. The first kappa shape index (κ1) is 13.5. The molecule has 0 bridgehead atoms. The molecule has 0 aliphatic carbocycles. The van der Waals surface area contributed by atoms with Crippen LogP contribution >= 0.6 is 15.9 Å². The SMILES string of the molecule is Cc1nc(NC(=O)CC2CCCCO2)ccc1Br. The van der Waals surface area contributed by atoms with Gasteiger partial charge in [0.15, 0.2) is 0 Å². The van der Waals surface area contributed by atoms with Gasteiger partial charge in [-0.3, -0.25) is 4.79 Å². The number of hydrogen-bond acceptors (Lipinski definition) is 3. The third kappa shape index (κ3) is 3.78. The number of carbonyl (C=O) groups excluding carboxylic acids is 1. The molecule has 1 fully saturated rings. The molecule has 1 aromatic rings. The van der Waals surface area contributed by atoms with E-state index in [0.717, 1.165) is 36.0 Å². The first-order valence-corrected chi connectivity index (χ1v) is 6.99. The van der Waals surface area contributed by atoms with E-state index in [1.807, 2.05) is 13.0 Å². The van der Waals surface area contributed by atoms with Crippen LogP contribution < -0.4 is 5.32 Å². The minimum Gasteiger partial charge on any atom is -0.378 e. The lowest BCUT2D eigenvalue weighted by molar-refractivity contribution is -0.119. The minimum absolute atomic E-state index is 0.0314. The molecule has 0 radical (unpaired) electrons. The molecular weight excluding hydrogens is 296 g/mol. The number of nitrogens with one attached hydrogen (secondary N) is 1. The van der Waals surface area contributed by atoms with Crippen LogP contribution in [0.1, 0.15) is 31.4 Å². The van der Waals surface area contributed by atoms with E-state index in [0.29, 0.717) is 12.2 Å². The Labute approximate surface area is 115 Å². The predicted molar refractivity (Wildman–Crippen MR) is 73.5 cm³/mol. The number of aromatic nitrogens is 1. The Morgan fingerprint density at radius 1 is 1.56 bits per heavy atom. The molecule has 1 N–H and O–H groups in total. The lowest BCUT2D eigenvalue weighted by Gasteiger charge is -2.21. The number of hydrogen-bond donors (Lipinski definition) is 1. The fourth-order valence-electron chi connectivity index (χ4n) is 1.98. The third-order valence-electron chi connectivity index (χ3n) is 2.98. The Morgan fingerprint density at radius 2 is 2.39 bits per heavy atom. The maximum atomic E-state index is 11.8. The highest BCUT2D eigenvalue weighted by molar-refractivity contribution is 9.10. The van der Waals surface area contributed by atoms with Crippen molar-refractivity contribution in [3.8, 4) is 0 Å². The zero-order valence-electron chi connectivity index (χ0n) is 10.4. The van der Waals surface area contributed by atoms with E-state index < -0.39 is 0 Å². The van der Waals surface area contributed by atoms with Crippen molar-refractivity contribution in [1.29, 1.82) is 0 Å². The summed E-state index contributed by atoms with van der Waals surface area (Å²) in [4.78, 5) is 16.1. The smallest absolute Gasteiger partial charge is 0.228 e. The molecule has 0 saturated carbocycles. The van der Waals surface area contributed by atoms with Crippen LogP contribution in [0, 0.1) is 6.92 Å². The maximum Gasteiger partial charge on any atom is 0.228 e. The molecule has 1 aromatic heterocycles. The molecule has 1 aliphatic heterocycles. The molecule has 1 amide bonds. The van der Waals surface area contributed by atoms with Crippen molar-refractivity contribution in [3.05, 3.63) is 22.3 Å². The molecule has 1 saturated heterocycles. The summed E-state index contributed by atoms with van der Waals surface area (Å²) < 4.78 is 6.48. The van der Waals surface area contributed by atoms with E-state index in [1.165, 1.54) is 0 Å². The minimum atomic E-state index is -0.0314. The molecule has 1 unspecified atom stereocenters. The zero-order chi connectivity index (χ0) is 13.0. The van der Waals surface area contributed by atoms with Gasteiger partial charge in [-0.05, 0) is 54.2 Å². The third-order valence-corrected chi connectivity index (χ3v) is 3.81. The Hall–Kier alpha value is -0.940. The quantitative estimate of drug-likeness (QED) is 0.933. The molecular formula is C13H17BrN2O2. The Morgan fingerprint density at radius 3 is 3.06 bits per heavy atom. The van der Waals surface area contributed by atoms with Crippen LogP contribution in [-0.2, 0) is 9.53 Å². The second-order valence-corrected chi connectivity index (χ2v) is 5.36. The largest absolute Gasteiger partial charge is 0.378 e. The average molecular weight is 313 g/mol. The number of pyridine rings is 1. The Bertz CT molecular complexity index is 431. The number of amides is 1. The molecule has 1 aliphatic rings. The molecule has 4 nitrogen and oxygen atoms in total. The second kappa shape index (κ2) is 6.29. The summed E-state index contributed by atoms with van der Waals surface area (Å²) in [6.45, 7) is 2.66. The van der Waals surface area contributed by atoms with Gasteiger partial charge in [0.05, 0.1) is 18.2 Å². The standard InChI is InChI=1S/C13H17BrN2O2/c1-9-11(14)5-6-12(15-9)16-13(17)8-10-4-2-3-7-18-10/h5-6,10H,2-4,7-8H2,1H3,(H,15,16,17). The first-order valence-electron chi connectivity index (χ1n) is 6.20. The van der Waals surface area contributed by atoms with Crippen molar-refractivity contribution in [2.75, 3.05) is 11.9 Å². The summed E-state index contributed by atoms with van der Waals surface area (Å²) >= 11 is 3.38. The number of carbonyl (C=O) groups is 1. The monoisotopic (exact) mass is 312 g/mol. The van der Waals surface area contributed by atoms with E-state index in [4.69, 9.17) is 4.74 Å². The van der Waals surface area contributed by atoms with Crippen LogP contribution in [0.3, 0.4) is 0 Å². The summed E-state index contributed by atoms with van der Waals surface area (Å²) in [6.07, 6.45) is 3.70. The van der Waals surface area contributed by atoms with Crippen LogP contribution in [-0.4, -0.2) is 23.6 Å². The van der Waals surface area contributed by atoms with Gasteiger partial charge >= 0.3 is 0 Å². The van der Waals surface area contributed by atoms with Crippen LogP contribution in [0.2, 0.25) is 0 Å². The summed E-state index contributed by atoms with van der Waals surface area (Å²) in [7, 11) is 0. The van der Waals surface area contributed by atoms with Crippen LogP contribution in [0.4, 0.5) is 5.82 Å². The van der Waals surface area contributed by atoms with Gasteiger partial charge in [-0.1, -0.05) is 0 Å². The van der Waals surface area contributed by atoms with Crippen LogP contribution in [0.25, 0.3) is 0 Å². The average Bonchev–Trinajstić information content (AvgIpc) is 2.35. The topological polar surface area (TPSA) is 51.2 Å². The molecule has 18 heavy (non-hydrogen) atoms. The van der Waals surface area contributed by atoms with E-state index >= 15 is 0 Å². The second-order valence-electron chi connectivity index (χ2n) is 4.50. The van der Waals surface area contributed by atoms with E-state index in [-0.39, 0.29) is 12.0 Å². The lowest BCUT2D eigenvalue weighted by Crippen LogP contribution is -2.25. The van der Waals surface area contributed by atoms with Crippen LogP contribution in [0.5, 0.6) is 0 Å². The first-order chi connectivity index (χ1) is 8.65. The summed E-state index contributed by atoms with van der Waals surface area (Å²) in [5, 5.41) is 2.81. The molecule has 2 heterocycles. The zero-order valence-corrected chi connectivity index (χ0v) is 12.0. The molecule has 0 spiro atoms. The highest BCUT2D eigenvalue weighted by Gasteiger charge is 2.17. The van der Waals surface area contributed by atoms with Gasteiger partial charge in [0.2, 0.25) is 5.91 Å². The fraction of sp³-hybridized carbons (Fsp3) is 0.538. The number of rotatable bonds is 3. The lowest BCUT2D eigenvalue weighted by atomic mass is 10.1. The van der Waals surface area contributed by atoms with E-state index in [1.54, 1.807) is 6.07 Å².